The lowest BCUT2D eigenvalue weighted by molar-refractivity contribution is -0.114. The lowest BCUT2D eigenvalue weighted by Gasteiger charge is -2.19. The Morgan fingerprint density at radius 3 is 2.67 bits per heavy atom. The zero-order valence-corrected chi connectivity index (χ0v) is 15.7. The minimum absolute atomic E-state index is 0.201. The van der Waals surface area contributed by atoms with Crippen molar-refractivity contribution in [3.8, 4) is 11.5 Å². The SMILES string of the molecule is O=C1NC(=O)c2ccc(/C=C/n3ccnc3)cc2/C1=C\NCc1ccc(O)c(O)c1. The predicted molar refractivity (Wildman–Crippen MR) is 111 cm³/mol. The third-order valence-corrected chi connectivity index (χ3v) is 4.61. The Morgan fingerprint density at radius 2 is 1.90 bits per heavy atom. The van der Waals surface area contributed by atoms with Gasteiger partial charge in [0.25, 0.3) is 11.8 Å². The standard InChI is InChI=1S/C22H18N4O4/c27-19-4-2-15(10-20(19)28)11-24-12-18-17-9-14(5-7-26-8-6-23-13-26)1-3-16(17)21(29)25-22(18)30/h1-10,12-13,24,27-28H,11H2,(H,25,29,30)/b7-5+,18-12+. The summed E-state index contributed by atoms with van der Waals surface area (Å²) in [6, 6.07) is 9.72. The fraction of sp³-hybridized carbons (Fsp3) is 0.0455. The number of phenols is 2. The van der Waals surface area contributed by atoms with Crippen molar-refractivity contribution >= 4 is 29.7 Å². The molecule has 1 aliphatic rings. The average molecular weight is 402 g/mol. The van der Waals surface area contributed by atoms with Gasteiger partial charge in [0.15, 0.2) is 11.5 Å². The number of imidazole rings is 1. The molecule has 0 saturated carbocycles. The number of hydrogen-bond acceptors (Lipinski definition) is 6. The first-order valence-electron chi connectivity index (χ1n) is 9.11. The first-order valence-corrected chi connectivity index (χ1v) is 9.11. The van der Waals surface area contributed by atoms with Crippen LogP contribution in [0.2, 0.25) is 0 Å². The summed E-state index contributed by atoms with van der Waals surface area (Å²) in [5.41, 5.74) is 2.79. The van der Waals surface area contributed by atoms with E-state index in [1.807, 2.05) is 12.3 Å². The molecule has 8 nitrogen and oxygen atoms in total. The van der Waals surface area contributed by atoms with Crippen LogP contribution < -0.4 is 10.6 Å². The third kappa shape index (κ3) is 3.93. The Bertz CT molecular complexity index is 1180. The van der Waals surface area contributed by atoms with Gasteiger partial charge in [-0.2, -0.15) is 0 Å². The van der Waals surface area contributed by atoms with Gasteiger partial charge < -0.3 is 20.1 Å². The monoisotopic (exact) mass is 402 g/mol. The predicted octanol–water partition coefficient (Wildman–Crippen LogP) is 2.32. The van der Waals surface area contributed by atoms with Crippen molar-refractivity contribution in [2.45, 2.75) is 6.54 Å². The molecule has 1 aliphatic heterocycles. The van der Waals surface area contributed by atoms with Gasteiger partial charge in [-0.3, -0.25) is 14.9 Å². The highest BCUT2D eigenvalue weighted by atomic mass is 16.3. The van der Waals surface area contributed by atoms with E-state index in [1.165, 1.54) is 18.3 Å². The van der Waals surface area contributed by atoms with E-state index in [9.17, 15) is 19.8 Å². The summed E-state index contributed by atoms with van der Waals surface area (Å²) in [4.78, 5) is 28.6. The van der Waals surface area contributed by atoms with Gasteiger partial charge >= 0.3 is 0 Å². The Balaban J connectivity index is 1.60. The summed E-state index contributed by atoms with van der Waals surface area (Å²) in [6.07, 6.45) is 10.3. The van der Waals surface area contributed by atoms with E-state index >= 15 is 0 Å². The third-order valence-electron chi connectivity index (χ3n) is 4.61. The van der Waals surface area contributed by atoms with Crippen molar-refractivity contribution in [1.29, 1.82) is 0 Å². The zero-order chi connectivity index (χ0) is 21.1. The molecule has 0 unspecified atom stereocenters. The van der Waals surface area contributed by atoms with Gasteiger partial charge in [-0.25, -0.2) is 4.98 Å². The highest BCUT2D eigenvalue weighted by molar-refractivity contribution is 6.31. The van der Waals surface area contributed by atoms with Crippen LogP contribution >= 0.6 is 0 Å². The number of amides is 2. The molecule has 0 atom stereocenters. The van der Waals surface area contributed by atoms with Crippen LogP contribution in [0.15, 0.2) is 61.3 Å². The van der Waals surface area contributed by atoms with Gasteiger partial charge in [0, 0.05) is 42.5 Å². The lowest BCUT2D eigenvalue weighted by Crippen LogP contribution is -2.37. The van der Waals surface area contributed by atoms with E-state index in [-0.39, 0.29) is 11.5 Å². The van der Waals surface area contributed by atoms with Gasteiger partial charge in [-0.15, -0.1) is 0 Å². The van der Waals surface area contributed by atoms with Crippen molar-refractivity contribution < 1.29 is 19.8 Å². The Labute approximate surface area is 171 Å². The molecule has 2 aromatic carbocycles. The molecule has 2 amide bonds. The molecule has 1 aromatic heterocycles. The molecule has 4 N–H and O–H groups in total. The second kappa shape index (κ2) is 7.96. The van der Waals surface area contributed by atoms with Crippen molar-refractivity contribution in [2.24, 2.45) is 0 Å². The van der Waals surface area contributed by atoms with E-state index in [4.69, 9.17) is 0 Å². The number of hydrogen-bond donors (Lipinski definition) is 4. The Hall–Kier alpha value is -4.33. The smallest absolute Gasteiger partial charge is 0.260 e. The van der Waals surface area contributed by atoms with Crippen LogP contribution in [-0.4, -0.2) is 31.6 Å². The number of imide groups is 1. The second-order valence-electron chi connectivity index (χ2n) is 6.68. The lowest BCUT2D eigenvalue weighted by atomic mass is 9.93. The summed E-state index contributed by atoms with van der Waals surface area (Å²) in [7, 11) is 0. The topological polar surface area (TPSA) is 116 Å². The zero-order valence-electron chi connectivity index (χ0n) is 15.7. The van der Waals surface area contributed by atoms with Gasteiger partial charge in [0.2, 0.25) is 0 Å². The molecule has 0 bridgehead atoms. The summed E-state index contributed by atoms with van der Waals surface area (Å²) in [5.74, 6) is -1.36. The highest BCUT2D eigenvalue weighted by Gasteiger charge is 2.27. The molecule has 2 heterocycles. The minimum atomic E-state index is -0.496. The van der Waals surface area contributed by atoms with Crippen molar-refractivity contribution in [3.63, 3.8) is 0 Å². The number of rotatable bonds is 5. The van der Waals surface area contributed by atoms with Crippen LogP contribution in [0.25, 0.3) is 17.8 Å². The molecular formula is C22H18N4O4. The molecule has 0 spiro atoms. The Kier molecular flexibility index (Phi) is 5.04. The summed E-state index contributed by atoms with van der Waals surface area (Å²) in [5, 5.41) is 24.3. The van der Waals surface area contributed by atoms with Crippen molar-refractivity contribution in [2.75, 3.05) is 0 Å². The number of nitrogens with zero attached hydrogens (tertiary/aromatic N) is 2. The van der Waals surface area contributed by atoms with Crippen LogP contribution in [0.4, 0.5) is 0 Å². The largest absolute Gasteiger partial charge is 0.504 e. The number of aromatic hydroxyl groups is 2. The van der Waals surface area contributed by atoms with Crippen LogP contribution in [0.5, 0.6) is 11.5 Å². The van der Waals surface area contributed by atoms with Gasteiger partial charge in [0.05, 0.1) is 11.9 Å². The van der Waals surface area contributed by atoms with Crippen LogP contribution in [0, 0.1) is 0 Å². The van der Waals surface area contributed by atoms with Crippen LogP contribution in [0.1, 0.15) is 27.0 Å². The first-order chi connectivity index (χ1) is 14.5. The minimum Gasteiger partial charge on any atom is -0.504 e. The fourth-order valence-electron chi connectivity index (χ4n) is 3.07. The quantitative estimate of drug-likeness (QED) is 0.296. The number of aromatic nitrogens is 2. The van der Waals surface area contributed by atoms with E-state index in [0.717, 1.165) is 5.56 Å². The van der Waals surface area contributed by atoms with Crippen molar-refractivity contribution in [3.05, 3.63) is 83.6 Å². The van der Waals surface area contributed by atoms with E-state index < -0.39 is 11.8 Å². The maximum Gasteiger partial charge on any atom is 0.260 e. The van der Waals surface area contributed by atoms with E-state index in [1.54, 1.807) is 47.6 Å². The maximum atomic E-state index is 12.4. The van der Waals surface area contributed by atoms with Crippen LogP contribution in [0.3, 0.4) is 0 Å². The molecule has 30 heavy (non-hydrogen) atoms. The van der Waals surface area contributed by atoms with Crippen LogP contribution in [-0.2, 0) is 11.3 Å². The fourth-order valence-corrected chi connectivity index (χ4v) is 3.07. The molecule has 0 saturated heterocycles. The molecule has 3 aromatic rings. The molecule has 0 radical (unpaired) electrons. The summed E-state index contributed by atoms with van der Waals surface area (Å²) >= 11 is 0. The number of nitrogens with one attached hydrogen (secondary N) is 2. The Morgan fingerprint density at radius 1 is 1.03 bits per heavy atom. The van der Waals surface area contributed by atoms with E-state index in [2.05, 4.69) is 15.6 Å². The number of carbonyl (C=O) groups is 2. The van der Waals surface area contributed by atoms with Gasteiger partial charge in [0.1, 0.15) is 0 Å². The molecule has 8 heteroatoms. The number of carbonyl (C=O) groups excluding carboxylic acids is 2. The normalized spacial score (nSPS) is 14.7. The number of fused-ring (bicyclic) bond motifs is 1. The average Bonchev–Trinajstić information content (AvgIpc) is 3.25. The highest BCUT2D eigenvalue weighted by Crippen LogP contribution is 2.27. The van der Waals surface area contributed by atoms with E-state index in [0.29, 0.717) is 28.8 Å². The molecule has 150 valence electrons. The molecule has 0 fully saturated rings. The number of benzene rings is 2. The van der Waals surface area contributed by atoms with Crippen molar-refractivity contribution in [1.82, 2.24) is 20.2 Å². The van der Waals surface area contributed by atoms with Gasteiger partial charge in [-0.1, -0.05) is 12.1 Å². The molecule has 4 rings (SSSR count). The van der Waals surface area contributed by atoms with Gasteiger partial charge in [-0.05, 0) is 41.5 Å². The molecule has 0 aliphatic carbocycles. The maximum absolute atomic E-state index is 12.4. The second-order valence-corrected chi connectivity index (χ2v) is 6.68. The number of phenolic OH excluding ortho intramolecular Hbond substituents is 2. The summed E-state index contributed by atoms with van der Waals surface area (Å²) in [6.45, 7) is 0.314. The first kappa shape index (κ1) is 19.0. The summed E-state index contributed by atoms with van der Waals surface area (Å²) < 4.78 is 1.78. The molecular weight excluding hydrogens is 384 g/mol.